The summed E-state index contributed by atoms with van der Waals surface area (Å²) in [5.41, 5.74) is 1.01. The van der Waals surface area contributed by atoms with Crippen LogP contribution in [0.15, 0.2) is 24.3 Å². The summed E-state index contributed by atoms with van der Waals surface area (Å²) in [4.78, 5) is 16.0. The number of ether oxygens (including phenoxy) is 1. The number of benzene rings is 1. The van der Waals surface area contributed by atoms with Crippen molar-refractivity contribution in [3.8, 4) is 5.75 Å². The minimum atomic E-state index is -0.0280. The molecule has 0 amide bonds. The number of hydrogen-bond donors (Lipinski definition) is 0. The van der Waals surface area contributed by atoms with E-state index in [-0.39, 0.29) is 5.78 Å². The van der Waals surface area contributed by atoms with E-state index < -0.39 is 0 Å². The summed E-state index contributed by atoms with van der Waals surface area (Å²) in [6, 6.07) is 7.10. The predicted octanol–water partition coefficient (Wildman–Crippen LogP) is 3.49. The van der Waals surface area contributed by atoms with Gasteiger partial charge in [0.2, 0.25) is 0 Å². The smallest absolute Gasteiger partial charge is 0.180 e. The lowest BCUT2D eigenvalue weighted by Crippen LogP contribution is -2.01. The fourth-order valence-electron chi connectivity index (χ4n) is 1.67. The summed E-state index contributed by atoms with van der Waals surface area (Å²) in [6.07, 6.45) is 0.407. The molecule has 2 aromatic rings. The number of fused-ring (bicyclic) bond motifs is 1. The monoisotopic (exact) mass is 249 g/mol. The summed E-state index contributed by atoms with van der Waals surface area (Å²) in [5.74, 6) is 0.592. The first kappa shape index (κ1) is 11.9. The molecule has 3 nitrogen and oxygen atoms in total. The van der Waals surface area contributed by atoms with E-state index >= 15 is 0 Å². The van der Waals surface area contributed by atoms with Gasteiger partial charge in [0.15, 0.2) is 5.78 Å². The quantitative estimate of drug-likeness (QED) is 0.782. The Bertz CT molecular complexity index is 581. The number of methoxy groups -OCH3 is 1. The van der Waals surface area contributed by atoms with Gasteiger partial charge < -0.3 is 4.74 Å². The van der Waals surface area contributed by atoms with Crippen LogP contribution in [-0.4, -0.2) is 17.9 Å². The maximum absolute atomic E-state index is 11.6. The average Bonchev–Trinajstić information content (AvgIpc) is 2.37. The molecule has 1 heterocycles. The second-order valence-corrected chi connectivity index (χ2v) is 4.03. The molecule has 1 aromatic carbocycles. The number of hydrogen-bond acceptors (Lipinski definition) is 3. The van der Waals surface area contributed by atoms with Crippen LogP contribution in [0.2, 0.25) is 5.02 Å². The summed E-state index contributed by atoms with van der Waals surface area (Å²) in [6.45, 7) is 1.80. The van der Waals surface area contributed by atoms with Crippen molar-refractivity contribution < 1.29 is 9.53 Å². The highest BCUT2D eigenvalue weighted by molar-refractivity contribution is 6.35. The minimum absolute atomic E-state index is 0.0280. The Balaban J connectivity index is 2.74. The first-order valence-corrected chi connectivity index (χ1v) is 5.71. The van der Waals surface area contributed by atoms with Crippen molar-refractivity contribution in [3.63, 3.8) is 0 Å². The molecule has 0 aliphatic heterocycles. The van der Waals surface area contributed by atoms with Crippen LogP contribution in [0.25, 0.3) is 10.9 Å². The van der Waals surface area contributed by atoms with Gasteiger partial charge >= 0.3 is 0 Å². The highest BCUT2D eigenvalue weighted by atomic mass is 35.5. The van der Waals surface area contributed by atoms with Crippen molar-refractivity contribution >= 4 is 28.3 Å². The first-order valence-electron chi connectivity index (χ1n) is 5.33. The fourth-order valence-corrected chi connectivity index (χ4v) is 1.93. The van der Waals surface area contributed by atoms with Crippen LogP contribution in [-0.2, 0) is 0 Å². The zero-order valence-corrected chi connectivity index (χ0v) is 10.4. The number of para-hydroxylation sites is 1. The van der Waals surface area contributed by atoms with Crippen LogP contribution in [0.1, 0.15) is 23.8 Å². The van der Waals surface area contributed by atoms with Crippen LogP contribution < -0.4 is 4.74 Å². The van der Waals surface area contributed by atoms with Gasteiger partial charge in [0.1, 0.15) is 17.0 Å². The zero-order chi connectivity index (χ0) is 12.4. The molecule has 0 N–H and O–H groups in total. The molecular formula is C13H12ClNO2. The molecule has 0 fully saturated rings. The largest absolute Gasteiger partial charge is 0.494 e. The first-order chi connectivity index (χ1) is 8.17. The summed E-state index contributed by atoms with van der Waals surface area (Å²) in [7, 11) is 1.57. The number of carbonyl (C=O) groups is 1. The van der Waals surface area contributed by atoms with Gasteiger partial charge in [-0.3, -0.25) is 4.79 Å². The van der Waals surface area contributed by atoms with Crippen molar-refractivity contribution in [1.82, 2.24) is 4.98 Å². The van der Waals surface area contributed by atoms with Crippen LogP contribution >= 0.6 is 11.6 Å². The van der Waals surface area contributed by atoms with E-state index in [0.29, 0.717) is 28.4 Å². The van der Waals surface area contributed by atoms with Crippen molar-refractivity contribution in [2.45, 2.75) is 13.3 Å². The lowest BCUT2D eigenvalue weighted by molar-refractivity contribution is 0.0983. The van der Waals surface area contributed by atoms with Crippen molar-refractivity contribution in [2.24, 2.45) is 0 Å². The van der Waals surface area contributed by atoms with Gasteiger partial charge in [-0.2, -0.15) is 0 Å². The molecule has 4 heteroatoms. The maximum Gasteiger partial charge on any atom is 0.180 e. The van der Waals surface area contributed by atoms with E-state index in [1.165, 1.54) is 0 Å². The average molecular weight is 250 g/mol. The third-order valence-corrected chi connectivity index (χ3v) is 2.89. The number of halogens is 1. The van der Waals surface area contributed by atoms with Gasteiger partial charge in [-0.05, 0) is 12.1 Å². The van der Waals surface area contributed by atoms with E-state index in [1.807, 2.05) is 12.1 Å². The van der Waals surface area contributed by atoms with E-state index in [4.69, 9.17) is 16.3 Å². The molecule has 0 saturated carbocycles. The number of Topliss-reactive ketones (excluding diaryl/α,β-unsaturated/α-hetero) is 1. The number of nitrogens with zero attached hydrogens (tertiary/aromatic N) is 1. The molecule has 88 valence electrons. The molecular weight excluding hydrogens is 238 g/mol. The number of carbonyl (C=O) groups excluding carboxylic acids is 1. The van der Waals surface area contributed by atoms with Crippen molar-refractivity contribution in [1.29, 1.82) is 0 Å². The molecule has 0 aliphatic rings. The standard InChI is InChI=1S/C13H12ClNO2/c1-3-11(16)10-7-9(14)8-5-4-6-12(17-2)13(8)15-10/h4-7H,3H2,1-2H3. The second kappa shape index (κ2) is 4.72. The Morgan fingerprint density at radius 3 is 2.88 bits per heavy atom. The third-order valence-electron chi connectivity index (χ3n) is 2.58. The normalized spacial score (nSPS) is 10.5. The number of ketones is 1. The minimum Gasteiger partial charge on any atom is -0.494 e. The van der Waals surface area contributed by atoms with Crippen LogP contribution in [0.4, 0.5) is 0 Å². The lowest BCUT2D eigenvalue weighted by atomic mass is 10.1. The van der Waals surface area contributed by atoms with Crippen LogP contribution in [0, 0.1) is 0 Å². The number of pyridine rings is 1. The maximum atomic E-state index is 11.6. The molecule has 0 unspecified atom stereocenters. The number of aromatic nitrogens is 1. The van der Waals surface area contributed by atoms with Gasteiger partial charge in [-0.15, -0.1) is 0 Å². The Morgan fingerprint density at radius 2 is 2.24 bits per heavy atom. The van der Waals surface area contributed by atoms with Crippen LogP contribution in [0.3, 0.4) is 0 Å². The molecule has 0 aliphatic carbocycles. The van der Waals surface area contributed by atoms with Gasteiger partial charge in [0, 0.05) is 11.8 Å². The Morgan fingerprint density at radius 1 is 1.47 bits per heavy atom. The molecule has 0 radical (unpaired) electrons. The molecule has 2 rings (SSSR count). The van der Waals surface area contributed by atoms with Gasteiger partial charge in [0.25, 0.3) is 0 Å². The summed E-state index contributed by atoms with van der Waals surface area (Å²) >= 11 is 6.14. The van der Waals surface area contributed by atoms with Crippen molar-refractivity contribution in [2.75, 3.05) is 7.11 Å². The molecule has 0 atom stereocenters. The van der Waals surface area contributed by atoms with E-state index in [9.17, 15) is 4.79 Å². The van der Waals surface area contributed by atoms with Crippen molar-refractivity contribution in [3.05, 3.63) is 35.0 Å². The topological polar surface area (TPSA) is 39.2 Å². The van der Waals surface area contributed by atoms with E-state index in [1.54, 1.807) is 26.2 Å². The van der Waals surface area contributed by atoms with Crippen LogP contribution in [0.5, 0.6) is 5.75 Å². The Labute approximate surface area is 104 Å². The molecule has 1 aromatic heterocycles. The highest BCUT2D eigenvalue weighted by Crippen LogP contribution is 2.29. The van der Waals surface area contributed by atoms with Gasteiger partial charge in [-0.1, -0.05) is 30.7 Å². The zero-order valence-electron chi connectivity index (χ0n) is 9.66. The lowest BCUT2D eigenvalue weighted by Gasteiger charge is -2.07. The fraction of sp³-hybridized carbons (Fsp3) is 0.231. The molecule has 0 spiro atoms. The highest BCUT2D eigenvalue weighted by Gasteiger charge is 2.12. The Hall–Kier alpha value is -1.61. The second-order valence-electron chi connectivity index (χ2n) is 3.62. The van der Waals surface area contributed by atoms with Gasteiger partial charge in [0.05, 0.1) is 12.1 Å². The third kappa shape index (κ3) is 2.11. The molecule has 0 saturated heterocycles. The van der Waals surface area contributed by atoms with E-state index in [0.717, 1.165) is 5.39 Å². The molecule has 0 bridgehead atoms. The predicted molar refractivity (Wildman–Crippen MR) is 67.9 cm³/mol. The van der Waals surface area contributed by atoms with E-state index in [2.05, 4.69) is 4.98 Å². The van der Waals surface area contributed by atoms with Gasteiger partial charge in [-0.25, -0.2) is 4.98 Å². The number of rotatable bonds is 3. The summed E-state index contributed by atoms with van der Waals surface area (Å²) < 4.78 is 5.22. The molecule has 17 heavy (non-hydrogen) atoms. The Kier molecular flexibility index (Phi) is 3.29. The summed E-state index contributed by atoms with van der Waals surface area (Å²) in [5, 5.41) is 1.31. The SMILES string of the molecule is CCC(=O)c1cc(Cl)c2cccc(OC)c2n1.